The first kappa shape index (κ1) is 16.1. The minimum absolute atomic E-state index is 0.0131. The standard InChI is InChI=1S/C16H21NO5/c1-21-13-4-5-14(22-2)10(9-13)3-6-15(18)17-12-7-11(8-12)16(19)20/h4-5,9,11-12H,3,6-8H2,1-2H3,(H,17,18)(H,19,20). The Hall–Kier alpha value is -2.24. The van der Waals surface area contributed by atoms with Crippen molar-refractivity contribution in [1.82, 2.24) is 5.32 Å². The molecule has 6 heteroatoms. The van der Waals surface area contributed by atoms with Gasteiger partial charge in [-0.15, -0.1) is 0 Å². The Kier molecular flexibility index (Phi) is 5.25. The highest BCUT2D eigenvalue weighted by molar-refractivity contribution is 5.77. The fourth-order valence-electron chi connectivity index (χ4n) is 2.56. The molecule has 0 atom stereocenters. The summed E-state index contributed by atoms with van der Waals surface area (Å²) in [6, 6.07) is 5.47. The molecule has 1 aliphatic carbocycles. The van der Waals surface area contributed by atoms with Crippen LogP contribution in [0.5, 0.6) is 11.5 Å². The number of hydrogen-bond donors (Lipinski definition) is 2. The van der Waals surface area contributed by atoms with Crippen molar-refractivity contribution in [2.45, 2.75) is 31.7 Å². The number of nitrogens with one attached hydrogen (secondary N) is 1. The molecule has 6 nitrogen and oxygen atoms in total. The highest BCUT2D eigenvalue weighted by Crippen LogP contribution is 2.28. The highest BCUT2D eigenvalue weighted by atomic mass is 16.5. The number of carbonyl (C=O) groups excluding carboxylic acids is 1. The molecule has 0 unspecified atom stereocenters. The smallest absolute Gasteiger partial charge is 0.306 e. The lowest BCUT2D eigenvalue weighted by molar-refractivity contribution is -0.146. The van der Waals surface area contributed by atoms with Gasteiger partial charge in [-0.25, -0.2) is 0 Å². The van der Waals surface area contributed by atoms with Crippen LogP contribution in [-0.4, -0.2) is 37.2 Å². The molecule has 0 heterocycles. The zero-order chi connectivity index (χ0) is 16.1. The topological polar surface area (TPSA) is 84.9 Å². The second-order valence-electron chi connectivity index (χ2n) is 5.45. The first-order chi connectivity index (χ1) is 10.5. The molecule has 22 heavy (non-hydrogen) atoms. The molecule has 1 fully saturated rings. The van der Waals surface area contributed by atoms with Crippen LogP contribution in [0.4, 0.5) is 0 Å². The van der Waals surface area contributed by atoms with Crippen LogP contribution >= 0.6 is 0 Å². The molecule has 120 valence electrons. The lowest BCUT2D eigenvalue weighted by atomic mass is 9.80. The average Bonchev–Trinajstić information content (AvgIpc) is 2.47. The quantitative estimate of drug-likeness (QED) is 0.799. The van der Waals surface area contributed by atoms with Crippen molar-refractivity contribution in [3.05, 3.63) is 23.8 Å². The van der Waals surface area contributed by atoms with Crippen LogP contribution in [0.15, 0.2) is 18.2 Å². The van der Waals surface area contributed by atoms with Crippen molar-refractivity contribution in [1.29, 1.82) is 0 Å². The maximum Gasteiger partial charge on any atom is 0.306 e. The Labute approximate surface area is 129 Å². The van der Waals surface area contributed by atoms with E-state index in [1.165, 1.54) is 0 Å². The van der Waals surface area contributed by atoms with E-state index in [9.17, 15) is 9.59 Å². The van der Waals surface area contributed by atoms with Gasteiger partial charge in [-0.2, -0.15) is 0 Å². The molecule has 0 radical (unpaired) electrons. The third-order valence-electron chi connectivity index (χ3n) is 3.96. The van der Waals surface area contributed by atoms with Gasteiger partial charge in [0.25, 0.3) is 0 Å². The summed E-state index contributed by atoms with van der Waals surface area (Å²) in [4.78, 5) is 22.6. The van der Waals surface area contributed by atoms with E-state index in [0.717, 1.165) is 17.1 Å². The Bertz CT molecular complexity index is 551. The molecule has 0 aliphatic heterocycles. The van der Waals surface area contributed by atoms with Crippen LogP contribution in [0.3, 0.4) is 0 Å². The number of rotatable bonds is 7. The zero-order valence-electron chi connectivity index (χ0n) is 12.8. The largest absolute Gasteiger partial charge is 0.497 e. The van der Waals surface area contributed by atoms with Gasteiger partial charge in [0.15, 0.2) is 0 Å². The van der Waals surface area contributed by atoms with E-state index in [1.807, 2.05) is 18.2 Å². The fraction of sp³-hybridized carbons (Fsp3) is 0.500. The number of aryl methyl sites for hydroxylation is 1. The van der Waals surface area contributed by atoms with Gasteiger partial charge >= 0.3 is 5.97 Å². The Morgan fingerprint density at radius 1 is 1.27 bits per heavy atom. The second kappa shape index (κ2) is 7.15. The summed E-state index contributed by atoms with van der Waals surface area (Å²) in [6.45, 7) is 0. The lowest BCUT2D eigenvalue weighted by Gasteiger charge is -2.32. The zero-order valence-corrected chi connectivity index (χ0v) is 12.8. The monoisotopic (exact) mass is 307 g/mol. The number of methoxy groups -OCH3 is 2. The number of carbonyl (C=O) groups is 2. The summed E-state index contributed by atoms with van der Waals surface area (Å²) in [5.74, 6) is 0.275. The Morgan fingerprint density at radius 3 is 2.59 bits per heavy atom. The van der Waals surface area contributed by atoms with Crippen LogP contribution in [0.2, 0.25) is 0 Å². The highest BCUT2D eigenvalue weighted by Gasteiger charge is 2.35. The number of carboxylic acids is 1. The minimum Gasteiger partial charge on any atom is -0.497 e. The Morgan fingerprint density at radius 2 is 2.00 bits per heavy atom. The maximum atomic E-state index is 11.9. The van der Waals surface area contributed by atoms with Crippen LogP contribution in [0, 0.1) is 5.92 Å². The molecule has 1 aliphatic rings. The van der Waals surface area contributed by atoms with Crippen LogP contribution < -0.4 is 14.8 Å². The molecule has 2 rings (SSSR count). The SMILES string of the molecule is COc1ccc(OC)c(CCC(=O)NC2CC(C(=O)O)C2)c1. The van der Waals surface area contributed by atoms with Crippen molar-refractivity contribution in [3.8, 4) is 11.5 Å². The molecule has 1 amide bonds. The first-order valence-electron chi connectivity index (χ1n) is 7.26. The number of aliphatic carboxylic acids is 1. The Balaban J connectivity index is 1.82. The summed E-state index contributed by atoms with van der Waals surface area (Å²) < 4.78 is 10.5. The minimum atomic E-state index is -0.786. The third kappa shape index (κ3) is 3.90. The van der Waals surface area contributed by atoms with Crippen molar-refractivity contribution in [2.24, 2.45) is 5.92 Å². The van der Waals surface area contributed by atoms with E-state index >= 15 is 0 Å². The van der Waals surface area contributed by atoms with E-state index in [2.05, 4.69) is 5.32 Å². The molecule has 0 saturated heterocycles. The van der Waals surface area contributed by atoms with E-state index in [0.29, 0.717) is 25.7 Å². The molecular formula is C16H21NO5. The average molecular weight is 307 g/mol. The van der Waals surface area contributed by atoms with Gasteiger partial charge in [0.1, 0.15) is 11.5 Å². The molecule has 0 spiro atoms. The molecular weight excluding hydrogens is 286 g/mol. The molecule has 0 bridgehead atoms. The van der Waals surface area contributed by atoms with Gasteiger partial charge in [0.2, 0.25) is 5.91 Å². The van der Waals surface area contributed by atoms with Gasteiger partial charge in [-0.05, 0) is 43.0 Å². The molecule has 1 aromatic carbocycles. The first-order valence-corrected chi connectivity index (χ1v) is 7.26. The van der Waals surface area contributed by atoms with Crippen molar-refractivity contribution in [3.63, 3.8) is 0 Å². The summed E-state index contributed by atoms with van der Waals surface area (Å²) in [5, 5.41) is 11.7. The number of amides is 1. The molecule has 1 saturated carbocycles. The number of benzene rings is 1. The van der Waals surface area contributed by atoms with Gasteiger partial charge < -0.3 is 19.9 Å². The third-order valence-corrected chi connectivity index (χ3v) is 3.96. The number of ether oxygens (including phenoxy) is 2. The van der Waals surface area contributed by atoms with Gasteiger partial charge in [0.05, 0.1) is 20.1 Å². The lowest BCUT2D eigenvalue weighted by Crippen LogP contribution is -2.46. The predicted molar refractivity (Wildman–Crippen MR) is 80.2 cm³/mol. The number of carboxylic acid groups (broad SMARTS) is 1. The van der Waals surface area contributed by atoms with Gasteiger partial charge in [-0.1, -0.05) is 0 Å². The van der Waals surface area contributed by atoms with Crippen LogP contribution in [0.1, 0.15) is 24.8 Å². The van der Waals surface area contributed by atoms with E-state index < -0.39 is 5.97 Å². The summed E-state index contributed by atoms with van der Waals surface area (Å²) in [6.07, 6.45) is 1.91. The maximum absolute atomic E-state index is 11.9. The normalized spacial score (nSPS) is 19.9. The molecule has 2 N–H and O–H groups in total. The van der Waals surface area contributed by atoms with E-state index in [4.69, 9.17) is 14.6 Å². The molecule has 0 aromatic heterocycles. The number of hydrogen-bond acceptors (Lipinski definition) is 4. The van der Waals surface area contributed by atoms with Crippen molar-refractivity contribution < 1.29 is 24.2 Å². The molecule has 1 aromatic rings. The summed E-state index contributed by atoms with van der Waals surface area (Å²) >= 11 is 0. The van der Waals surface area contributed by atoms with Crippen molar-refractivity contribution in [2.75, 3.05) is 14.2 Å². The second-order valence-corrected chi connectivity index (χ2v) is 5.45. The summed E-state index contributed by atoms with van der Waals surface area (Å²) in [5.41, 5.74) is 0.911. The predicted octanol–water partition coefficient (Wildman–Crippen LogP) is 1.62. The van der Waals surface area contributed by atoms with E-state index in [-0.39, 0.29) is 17.9 Å². The van der Waals surface area contributed by atoms with E-state index in [1.54, 1.807) is 14.2 Å². The fourth-order valence-corrected chi connectivity index (χ4v) is 2.56. The van der Waals surface area contributed by atoms with Gasteiger partial charge in [0, 0.05) is 12.5 Å². The van der Waals surface area contributed by atoms with Crippen molar-refractivity contribution >= 4 is 11.9 Å². The summed E-state index contributed by atoms with van der Waals surface area (Å²) in [7, 11) is 3.18. The van der Waals surface area contributed by atoms with Crippen LogP contribution in [0.25, 0.3) is 0 Å². The van der Waals surface area contributed by atoms with Crippen LogP contribution in [-0.2, 0) is 16.0 Å². The van der Waals surface area contributed by atoms with Gasteiger partial charge in [-0.3, -0.25) is 9.59 Å².